The van der Waals surface area contributed by atoms with Gasteiger partial charge in [-0.2, -0.15) is 0 Å². The molecule has 2 N–H and O–H groups in total. The summed E-state index contributed by atoms with van der Waals surface area (Å²) in [5, 5.41) is 11.9. The molecule has 0 spiro atoms. The molecule has 0 heterocycles. The van der Waals surface area contributed by atoms with Gasteiger partial charge in [0.25, 0.3) is 0 Å². The fourth-order valence-electron chi connectivity index (χ4n) is 1.61. The van der Waals surface area contributed by atoms with E-state index in [1.54, 1.807) is 13.1 Å². The predicted octanol–water partition coefficient (Wildman–Crippen LogP) is 1.87. The first kappa shape index (κ1) is 12.9. The summed E-state index contributed by atoms with van der Waals surface area (Å²) in [6.45, 7) is 2.33. The molecular weight excluding hydrogens is 209 g/mol. The quantitative estimate of drug-likeness (QED) is 0.779. The SMILES string of the molecule is CCOc1ccc(C(CCO)NC)cc1F. The molecule has 1 rings (SSSR count). The maximum absolute atomic E-state index is 13.6. The van der Waals surface area contributed by atoms with Crippen LogP contribution in [0.3, 0.4) is 0 Å². The number of aliphatic hydroxyl groups is 1. The van der Waals surface area contributed by atoms with E-state index >= 15 is 0 Å². The van der Waals surface area contributed by atoms with E-state index < -0.39 is 0 Å². The minimum absolute atomic E-state index is 0.0322. The molecule has 0 bridgehead atoms. The van der Waals surface area contributed by atoms with Crippen LogP contribution >= 0.6 is 0 Å². The molecule has 0 aliphatic heterocycles. The van der Waals surface area contributed by atoms with E-state index in [9.17, 15) is 4.39 Å². The largest absolute Gasteiger partial charge is 0.491 e. The second-order valence-corrected chi connectivity index (χ2v) is 3.48. The number of hydrogen-bond acceptors (Lipinski definition) is 3. The van der Waals surface area contributed by atoms with E-state index in [1.165, 1.54) is 6.07 Å². The third kappa shape index (κ3) is 3.18. The standard InChI is InChI=1S/C12H18FNO2/c1-3-16-12-5-4-9(8-10(12)13)11(14-2)6-7-15/h4-5,8,11,14-15H,3,6-7H2,1-2H3. The Morgan fingerprint density at radius 3 is 2.75 bits per heavy atom. The van der Waals surface area contributed by atoms with Crippen molar-refractivity contribution in [1.29, 1.82) is 0 Å². The van der Waals surface area contributed by atoms with Crippen molar-refractivity contribution in [1.82, 2.24) is 5.32 Å². The van der Waals surface area contributed by atoms with Crippen LogP contribution in [0.1, 0.15) is 24.9 Å². The summed E-state index contributed by atoms with van der Waals surface area (Å²) in [6.07, 6.45) is 0.559. The van der Waals surface area contributed by atoms with E-state index in [2.05, 4.69) is 5.32 Å². The lowest BCUT2D eigenvalue weighted by Crippen LogP contribution is -2.17. The molecule has 16 heavy (non-hydrogen) atoms. The van der Waals surface area contributed by atoms with Crippen LogP contribution in [-0.4, -0.2) is 25.4 Å². The molecule has 0 aliphatic rings. The molecule has 0 saturated carbocycles. The average Bonchev–Trinajstić information content (AvgIpc) is 2.29. The molecule has 0 fully saturated rings. The van der Waals surface area contributed by atoms with E-state index in [1.807, 2.05) is 13.0 Å². The maximum Gasteiger partial charge on any atom is 0.165 e. The molecule has 1 atom stereocenters. The summed E-state index contributed by atoms with van der Waals surface area (Å²) in [5.41, 5.74) is 0.817. The van der Waals surface area contributed by atoms with Crippen molar-refractivity contribution < 1.29 is 14.2 Å². The first-order valence-electron chi connectivity index (χ1n) is 5.43. The first-order valence-corrected chi connectivity index (χ1v) is 5.43. The van der Waals surface area contributed by atoms with Crippen molar-refractivity contribution in [2.75, 3.05) is 20.3 Å². The molecule has 0 aromatic heterocycles. The van der Waals surface area contributed by atoms with Gasteiger partial charge in [-0.15, -0.1) is 0 Å². The summed E-state index contributed by atoms with van der Waals surface area (Å²) in [6, 6.07) is 4.85. The van der Waals surface area contributed by atoms with Crippen LogP contribution in [0.15, 0.2) is 18.2 Å². The van der Waals surface area contributed by atoms with Gasteiger partial charge in [-0.1, -0.05) is 6.07 Å². The minimum atomic E-state index is -0.363. The van der Waals surface area contributed by atoms with Crippen molar-refractivity contribution in [2.45, 2.75) is 19.4 Å². The Hall–Kier alpha value is -1.13. The molecule has 90 valence electrons. The Labute approximate surface area is 95.2 Å². The summed E-state index contributed by atoms with van der Waals surface area (Å²) < 4.78 is 18.7. The van der Waals surface area contributed by atoms with Crippen LogP contribution in [0.2, 0.25) is 0 Å². The zero-order chi connectivity index (χ0) is 12.0. The molecule has 1 aromatic rings. The van der Waals surface area contributed by atoms with Gasteiger partial charge in [0.05, 0.1) is 6.61 Å². The molecule has 1 aromatic carbocycles. The minimum Gasteiger partial charge on any atom is -0.491 e. The fourth-order valence-corrected chi connectivity index (χ4v) is 1.61. The number of benzene rings is 1. The highest BCUT2D eigenvalue weighted by molar-refractivity contribution is 5.31. The van der Waals surface area contributed by atoms with Gasteiger partial charge in [-0.25, -0.2) is 4.39 Å². The molecule has 0 saturated heterocycles. The van der Waals surface area contributed by atoms with E-state index in [0.29, 0.717) is 13.0 Å². The van der Waals surface area contributed by atoms with Gasteiger partial charge in [0.2, 0.25) is 0 Å². The monoisotopic (exact) mass is 227 g/mol. The normalized spacial score (nSPS) is 12.5. The van der Waals surface area contributed by atoms with Crippen LogP contribution in [0.25, 0.3) is 0 Å². The lowest BCUT2D eigenvalue weighted by atomic mass is 10.0. The van der Waals surface area contributed by atoms with Gasteiger partial charge in [0.1, 0.15) is 0 Å². The lowest BCUT2D eigenvalue weighted by Gasteiger charge is -2.16. The van der Waals surface area contributed by atoms with Gasteiger partial charge in [0.15, 0.2) is 11.6 Å². The zero-order valence-corrected chi connectivity index (χ0v) is 9.66. The van der Waals surface area contributed by atoms with Crippen molar-refractivity contribution in [3.63, 3.8) is 0 Å². The number of aliphatic hydroxyl groups excluding tert-OH is 1. The van der Waals surface area contributed by atoms with E-state index in [0.717, 1.165) is 5.56 Å². The lowest BCUT2D eigenvalue weighted by molar-refractivity contribution is 0.268. The Kier molecular flexibility index (Phi) is 5.22. The van der Waals surface area contributed by atoms with Gasteiger partial charge in [-0.05, 0) is 38.1 Å². The van der Waals surface area contributed by atoms with Crippen molar-refractivity contribution in [2.24, 2.45) is 0 Å². The maximum atomic E-state index is 13.6. The molecular formula is C12H18FNO2. The van der Waals surface area contributed by atoms with E-state index in [4.69, 9.17) is 9.84 Å². The molecule has 0 radical (unpaired) electrons. The molecule has 1 unspecified atom stereocenters. The van der Waals surface area contributed by atoms with Crippen molar-refractivity contribution in [3.8, 4) is 5.75 Å². The van der Waals surface area contributed by atoms with Crippen molar-refractivity contribution >= 4 is 0 Å². The Morgan fingerprint density at radius 1 is 1.50 bits per heavy atom. The number of nitrogens with one attached hydrogen (secondary N) is 1. The summed E-state index contributed by atoms with van der Waals surface area (Å²) in [7, 11) is 1.79. The molecule has 4 heteroatoms. The van der Waals surface area contributed by atoms with Gasteiger partial charge in [0, 0.05) is 12.6 Å². The molecule has 0 amide bonds. The summed E-state index contributed by atoms with van der Waals surface area (Å²) in [5.74, 6) is -0.0948. The predicted molar refractivity (Wildman–Crippen MR) is 61.1 cm³/mol. The van der Waals surface area contributed by atoms with Gasteiger partial charge < -0.3 is 15.2 Å². The average molecular weight is 227 g/mol. The smallest absolute Gasteiger partial charge is 0.165 e. The Morgan fingerprint density at radius 2 is 2.25 bits per heavy atom. The summed E-state index contributed by atoms with van der Waals surface area (Å²) >= 11 is 0. The fraction of sp³-hybridized carbons (Fsp3) is 0.500. The van der Waals surface area contributed by atoms with Crippen LogP contribution in [0, 0.1) is 5.82 Å². The third-order valence-electron chi connectivity index (χ3n) is 2.42. The topological polar surface area (TPSA) is 41.5 Å². The zero-order valence-electron chi connectivity index (χ0n) is 9.66. The Bertz CT molecular complexity index is 331. The van der Waals surface area contributed by atoms with Crippen LogP contribution < -0.4 is 10.1 Å². The number of halogens is 1. The first-order chi connectivity index (χ1) is 7.72. The number of rotatable bonds is 6. The van der Waals surface area contributed by atoms with Gasteiger partial charge >= 0.3 is 0 Å². The second-order valence-electron chi connectivity index (χ2n) is 3.48. The highest BCUT2D eigenvalue weighted by Crippen LogP contribution is 2.23. The van der Waals surface area contributed by atoms with Gasteiger partial charge in [-0.3, -0.25) is 0 Å². The van der Waals surface area contributed by atoms with Crippen molar-refractivity contribution in [3.05, 3.63) is 29.6 Å². The highest BCUT2D eigenvalue weighted by Gasteiger charge is 2.11. The molecule has 3 nitrogen and oxygen atoms in total. The highest BCUT2D eigenvalue weighted by atomic mass is 19.1. The molecule has 0 aliphatic carbocycles. The second kappa shape index (κ2) is 6.45. The van der Waals surface area contributed by atoms with Crippen LogP contribution in [0.4, 0.5) is 4.39 Å². The number of ether oxygens (including phenoxy) is 1. The van der Waals surface area contributed by atoms with Crippen LogP contribution in [-0.2, 0) is 0 Å². The van der Waals surface area contributed by atoms with E-state index in [-0.39, 0.29) is 24.2 Å². The van der Waals surface area contributed by atoms with Crippen LogP contribution in [0.5, 0.6) is 5.75 Å². The summed E-state index contributed by atoms with van der Waals surface area (Å²) in [4.78, 5) is 0. The number of hydrogen-bond donors (Lipinski definition) is 2. The Balaban J connectivity index is 2.85. The third-order valence-corrected chi connectivity index (χ3v) is 2.42.